The van der Waals surface area contributed by atoms with E-state index in [9.17, 15) is 22.8 Å². The van der Waals surface area contributed by atoms with Crippen LogP contribution in [0.4, 0.5) is 18.9 Å². The fourth-order valence-electron chi connectivity index (χ4n) is 4.63. The molecule has 4 aromatic rings. The highest BCUT2D eigenvalue weighted by Gasteiger charge is 2.44. The molecule has 38 heavy (non-hydrogen) atoms. The largest absolute Gasteiger partial charge is 0.490 e. The maximum absolute atomic E-state index is 13.7. The second kappa shape index (κ2) is 9.89. The van der Waals surface area contributed by atoms with E-state index in [0.717, 1.165) is 18.6 Å². The summed E-state index contributed by atoms with van der Waals surface area (Å²) in [6.07, 6.45) is -3.85. The minimum atomic E-state index is -4.62. The Bertz CT molecular complexity index is 1580. The van der Waals surface area contributed by atoms with Gasteiger partial charge in [0.1, 0.15) is 5.58 Å². The van der Waals surface area contributed by atoms with E-state index in [1.165, 1.54) is 17.0 Å². The number of halogens is 3. The van der Waals surface area contributed by atoms with Crippen LogP contribution in [-0.4, -0.2) is 19.1 Å². The Balaban J connectivity index is 1.75. The molecular formula is C29H24F3NO5. The fourth-order valence-corrected chi connectivity index (χ4v) is 4.63. The van der Waals surface area contributed by atoms with Crippen LogP contribution in [0.3, 0.4) is 0 Å². The van der Waals surface area contributed by atoms with E-state index in [1.54, 1.807) is 49.4 Å². The molecule has 0 radical (unpaired) electrons. The Morgan fingerprint density at radius 2 is 1.71 bits per heavy atom. The Hall–Kier alpha value is -4.27. The molecule has 0 saturated heterocycles. The summed E-state index contributed by atoms with van der Waals surface area (Å²) in [6.45, 7) is 4.55. The summed E-state index contributed by atoms with van der Waals surface area (Å²) < 4.78 is 58.2. The van der Waals surface area contributed by atoms with Crippen LogP contribution in [0.5, 0.6) is 11.5 Å². The van der Waals surface area contributed by atoms with Gasteiger partial charge in [0.05, 0.1) is 35.8 Å². The van der Waals surface area contributed by atoms with Gasteiger partial charge >= 0.3 is 6.18 Å². The maximum Gasteiger partial charge on any atom is 0.416 e. The lowest BCUT2D eigenvalue weighted by Gasteiger charge is -2.26. The number of hydrogen-bond donors (Lipinski definition) is 0. The molecule has 196 valence electrons. The maximum atomic E-state index is 13.7. The van der Waals surface area contributed by atoms with Gasteiger partial charge in [-0.1, -0.05) is 31.2 Å². The summed E-state index contributed by atoms with van der Waals surface area (Å²) in [7, 11) is 0. The van der Waals surface area contributed by atoms with Gasteiger partial charge in [-0.2, -0.15) is 13.2 Å². The number of hydrogen-bond acceptors (Lipinski definition) is 5. The Morgan fingerprint density at radius 1 is 0.921 bits per heavy atom. The van der Waals surface area contributed by atoms with Crippen molar-refractivity contribution in [3.63, 3.8) is 0 Å². The van der Waals surface area contributed by atoms with E-state index in [1.807, 2.05) is 6.92 Å². The molecule has 0 bridgehead atoms. The summed E-state index contributed by atoms with van der Waals surface area (Å²) in [5.74, 6) is -0.0384. The van der Waals surface area contributed by atoms with Crippen molar-refractivity contribution in [1.29, 1.82) is 0 Å². The molecule has 5 rings (SSSR count). The van der Waals surface area contributed by atoms with E-state index in [-0.39, 0.29) is 28.0 Å². The van der Waals surface area contributed by atoms with Crippen LogP contribution in [0.2, 0.25) is 0 Å². The molecule has 1 amide bonds. The highest BCUT2D eigenvalue weighted by atomic mass is 19.4. The summed E-state index contributed by atoms with van der Waals surface area (Å²) in [5.41, 5.74) is -0.638. The zero-order valence-electron chi connectivity index (χ0n) is 20.7. The standard InChI is InChI=1S/C29H24F3NO5/c1-3-14-37-22-13-12-17(15-23(22)36-4-2)25-24-26(34)20-10-5-6-11-21(20)38-27(24)28(35)33(25)19-9-7-8-18(16-19)29(30,31)32/h5-13,15-16,25H,3-4,14H2,1-2H3. The summed E-state index contributed by atoms with van der Waals surface area (Å²) in [6, 6.07) is 14.9. The van der Waals surface area contributed by atoms with Crippen molar-refractivity contribution in [3.8, 4) is 11.5 Å². The van der Waals surface area contributed by atoms with Gasteiger partial charge in [0.25, 0.3) is 5.91 Å². The molecule has 1 aliphatic rings. The highest BCUT2D eigenvalue weighted by Crippen LogP contribution is 2.44. The van der Waals surface area contributed by atoms with Gasteiger partial charge in [-0.3, -0.25) is 14.5 Å². The van der Waals surface area contributed by atoms with Crippen LogP contribution in [-0.2, 0) is 6.18 Å². The third kappa shape index (κ3) is 4.38. The SMILES string of the molecule is CCCOc1ccc(C2c3c(oc4ccccc4c3=O)C(=O)N2c2cccc(C(F)(F)F)c2)cc1OCC. The number of para-hydroxylation sites is 1. The number of benzene rings is 3. The lowest BCUT2D eigenvalue weighted by molar-refractivity contribution is -0.137. The number of carbonyl (C=O) groups excluding carboxylic acids is 1. The number of ether oxygens (including phenoxy) is 2. The van der Waals surface area contributed by atoms with E-state index < -0.39 is 29.1 Å². The normalized spacial score (nSPS) is 15.1. The van der Waals surface area contributed by atoms with Crippen molar-refractivity contribution in [1.82, 2.24) is 0 Å². The Morgan fingerprint density at radius 3 is 2.45 bits per heavy atom. The van der Waals surface area contributed by atoms with Crippen LogP contribution < -0.4 is 19.8 Å². The Labute approximate surface area is 216 Å². The average Bonchev–Trinajstić information content (AvgIpc) is 3.20. The minimum Gasteiger partial charge on any atom is -0.490 e. The molecule has 3 aromatic carbocycles. The molecule has 1 aromatic heterocycles. The summed E-state index contributed by atoms with van der Waals surface area (Å²) in [4.78, 5) is 28.6. The van der Waals surface area contributed by atoms with Crippen molar-refractivity contribution >= 4 is 22.6 Å². The number of amides is 1. The van der Waals surface area contributed by atoms with Crippen molar-refractivity contribution in [2.45, 2.75) is 32.5 Å². The lowest BCUT2D eigenvalue weighted by Crippen LogP contribution is -2.29. The lowest BCUT2D eigenvalue weighted by atomic mass is 9.97. The quantitative estimate of drug-likeness (QED) is 0.268. The van der Waals surface area contributed by atoms with Crippen LogP contribution in [0, 0.1) is 0 Å². The van der Waals surface area contributed by atoms with E-state index in [2.05, 4.69) is 0 Å². The third-order valence-corrected chi connectivity index (χ3v) is 6.27. The van der Waals surface area contributed by atoms with Gasteiger partial charge in [0.2, 0.25) is 5.76 Å². The summed E-state index contributed by atoms with van der Waals surface area (Å²) >= 11 is 0. The van der Waals surface area contributed by atoms with Gasteiger partial charge < -0.3 is 13.9 Å². The first-order chi connectivity index (χ1) is 18.2. The molecule has 0 aliphatic carbocycles. The first-order valence-electron chi connectivity index (χ1n) is 12.2. The Kier molecular flexibility index (Phi) is 6.60. The number of rotatable bonds is 7. The van der Waals surface area contributed by atoms with Crippen LogP contribution in [0.15, 0.2) is 75.9 Å². The third-order valence-electron chi connectivity index (χ3n) is 6.27. The molecule has 0 fully saturated rings. The number of carbonyl (C=O) groups is 1. The minimum absolute atomic E-state index is 0.0195. The van der Waals surface area contributed by atoms with Gasteiger partial charge in [0, 0.05) is 5.69 Å². The van der Waals surface area contributed by atoms with Crippen LogP contribution in [0.1, 0.15) is 53.6 Å². The van der Waals surface area contributed by atoms with E-state index in [4.69, 9.17) is 13.9 Å². The van der Waals surface area contributed by atoms with Crippen LogP contribution in [0.25, 0.3) is 11.0 Å². The van der Waals surface area contributed by atoms with Crippen LogP contribution >= 0.6 is 0 Å². The molecule has 1 unspecified atom stereocenters. The number of anilines is 1. The zero-order valence-corrected chi connectivity index (χ0v) is 20.7. The van der Waals surface area contributed by atoms with Gasteiger partial charge in [-0.25, -0.2) is 0 Å². The number of fused-ring (bicyclic) bond motifs is 2. The predicted molar refractivity (Wildman–Crippen MR) is 136 cm³/mol. The van der Waals surface area contributed by atoms with Gasteiger partial charge in [0.15, 0.2) is 16.9 Å². The second-order valence-corrected chi connectivity index (χ2v) is 8.78. The molecule has 2 heterocycles. The van der Waals surface area contributed by atoms with Gasteiger partial charge in [-0.15, -0.1) is 0 Å². The molecule has 6 nitrogen and oxygen atoms in total. The zero-order chi connectivity index (χ0) is 27.0. The number of alkyl halides is 3. The fraction of sp³-hybridized carbons (Fsp3) is 0.241. The predicted octanol–water partition coefficient (Wildman–Crippen LogP) is 6.75. The van der Waals surface area contributed by atoms with Crippen molar-refractivity contribution in [3.05, 3.63) is 99.4 Å². The summed E-state index contributed by atoms with van der Waals surface area (Å²) in [5, 5.41) is 0.267. The molecule has 9 heteroatoms. The van der Waals surface area contributed by atoms with Crippen molar-refractivity contribution < 1.29 is 31.9 Å². The second-order valence-electron chi connectivity index (χ2n) is 8.78. The van der Waals surface area contributed by atoms with Gasteiger partial charge in [-0.05, 0) is 61.4 Å². The first kappa shape index (κ1) is 25.4. The van der Waals surface area contributed by atoms with Crippen molar-refractivity contribution in [2.75, 3.05) is 18.1 Å². The van der Waals surface area contributed by atoms with E-state index in [0.29, 0.717) is 30.3 Å². The first-order valence-corrected chi connectivity index (χ1v) is 12.2. The molecule has 1 aliphatic heterocycles. The molecule has 0 N–H and O–H groups in total. The smallest absolute Gasteiger partial charge is 0.416 e. The molecule has 1 atom stereocenters. The number of nitrogens with zero attached hydrogens (tertiary/aromatic N) is 1. The topological polar surface area (TPSA) is 69.0 Å². The van der Waals surface area contributed by atoms with E-state index >= 15 is 0 Å². The molecule has 0 saturated carbocycles. The molecular weight excluding hydrogens is 499 g/mol. The van der Waals surface area contributed by atoms with Crippen molar-refractivity contribution in [2.24, 2.45) is 0 Å². The average molecular weight is 524 g/mol. The molecule has 0 spiro atoms. The highest BCUT2D eigenvalue weighted by molar-refractivity contribution is 6.10. The monoisotopic (exact) mass is 523 g/mol.